The molecule has 0 aliphatic carbocycles. The van der Waals surface area contributed by atoms with E-state index in [1.54, 1.807) is 6.08 Å². The van der Waals surface area contributed by atoms with Gasteiger partial charge in [0.1, 0.15) is 24.4 Å². The Hall–Kier alpha value is -2.90. The first kappa shape index (κ1) is 84.1. The van der Waals surface area contributed by atoms with Gasteiger partial charge in [-0.2, -0.15) is 0 Å². The van der Waals surface area contributed by atoms with Crippen LogP contribution < -0.4 is 5.32 Å². The third-order valence-electron chi connectivity index (χ3n) is 17.6. The van der Waals surface area contributed by atoms with Crippen molar-refractivity contribution in [3.8, 4) is 0 Å². The molecule has 0 aromatic heterocycles. The number of aliphatic hydroxyl groups is 5. The largest absolute Gasteiger partial charge is 0.454 e. The van der Waals surface area contributed by atoms with Crippen molar-refractivity contribution in [2.24, 2.45) is 0 Å². The number of carbonyl (C=O) groups excluding carboxylic acids is 2. The number of carbonyl (C=O) groups is 2. The summed E-state index contributed by atoms with van der Waals surface area (Å²) in [4.78, 5) is 26.7. The molecule has 0 saturated carbocycles. The molecule has 518 valence electrons. The Balaban J connectivity index is 2.57. The highest BCUT2D eigenvalue weighted by molar-refractivity contribution is 5.80. The third-order valence-corrected chi connectivity index (χ3v) is 17.6. The van der Waals surface area contributed by atoms with Crippen molar-refractivity contribution in [3.63, 3.8) is 0 Å². The summed E-state index contributed by atoms with van der Waals surface area (Å²) in [6.07, 6.45) is 75.1. The Morgan fingerprint density at radius 2 is 0.775 bits per heavy atom. The Morgan fingerprint density at radius 3 is 1.19 bits per heavy atom. The number of hydrogen-bond acceptors (Lipinski definition) is 10. The summed E-state index contributed by atoms with van der Waals surface area (Å²) in [5.74, 6) is -1.20. The van der Waals surface area contributed by atoms with Gasteiger partial charge in [-0.3, -0.25) is 9.59 Å². The molecule has 11 heteroatoms. The van der Waals surface area contributed by atoms with Gasteiger partial charge in [0.05, 0.1) is 25.4 Å². The van der Waals surface area contributed by atoms with Gasteiger partial charge in [0, 0.05) is 6.42 Å². The van der Waals surface area contributed by atoms with Crippen molar-refractivity contribution in [1.29, 1.82) is 0 Å². The molecular weight excluding hydrogens is 1110 g/mol. The van der Waals surface area contributed by atoms with Crippen molar-refractivity contribution in [2.45, 2.75) is 397 Å². The fraction of sp³-hybridized carbons (Fsp3) is 0.821. The highest BCUT2D eigenvalue weighted by Crippen LogP contribution is 2.26. The molecule has 8 atom stereocenters. The number of hydrogen-bond donors (Lipinski definition) is 6. The Morgan fingerprint density at radius 1 is 0.438 bits per heavy atom. The molecule has 6 N–H and O–H groups in total. The molecule has 1 fully saturated rings. The first-order valence-corrected chi connectivity index (χ1v) is 37.7. The normalized spacial score (nSPS) is 18.5. The molecule has 1 aliphatic rings. The minimum Gasteiger partial charge on any atom is -0.454 e. The van der Waals surface area contributed by atoms with Gasteiger partial charge in [-0.05, 0) is 96.3 Å². The van der Waals surface area contributed by atoms with E-state index in [0.29, 0.717) is 19.3 Å². The molecule has 0 radical (unpaired) electrons. The summed E-state index contributed by atoms with van der Waals surface area (Å²) in [6.45, 7) is 5.80. The van der Waals surface area contributed by atoms with E-state index in [1.807, 2.05) is 6.08 Å². The van der Waals surface area contributed by atoms with Gasteiger partial charge < -0.3 is 45.1 Å². The van der Waals surface area contributed by atoms with Crippen LogP contribution in [0.4, 0.5) is 0 Å². The van der Waals surface area contributed by atoms with E-state index in [2.05, 4.69) is 86.8 Å². The maximum absolute atomic E-state index is 13.5. The first-order valence-electron chi connectivity index (χ1n) is 37.7. The van der Waals surface area contributed by atoms with Gasteiger partial charge in [-0.25, -0.2) is 0 Å². The van der Waals surface area contributed by atoms with Crippen LogP contribution in [0.5, 0.6) is 0 Å². The van der Waals surface area contributed by atoms with Gasteiger partial charge in [0.25, 0.3) is 0 Å². The number of amides is 1. The molecule has 1 aliphatic heterocycles. The quantitative estimate of drug-likeness (QED) is 0.0195. The number of esters is 1. The third kappa shape index (κ3) is 52.2. The number of allylic oxidation sites excluding steroid dienone is 11. The second-order valence-corrected chi connectivity index (χ2v) is 26.0. The number of aliphatic hydroxyl groups excluding tert-OH is 5. The number of rotatable bonds is 65. The van der Waals surface area contributed by atoms with E-state index < -0.39 is 67.4 Å². The fourth-order valence-electron chi connectivity index (χ4n) is 11.6. The van der Waals surface area contributed by atoms with E-state index in [0.717, 1.165) is 103 Å². The van der Waals surface area contributed by atoms with Crippen LogP contribution >= 0.6 is 0 Å². The lowest BCUT2D eigenvalue weighted by Gasteiger charge is -2.41. The molecule has 89 heavy (non-hydrogen) atoms. The Labute approximate surface area is 547 Å². The monoisotopic (exact) mass is 1250 g/mol. The minimum atomic E-state index is -1.62. The molecule has 0 bridgehead atoms. The number of ether oxygens (including phenoxy) is 3. The van der Waals surface area contributed by atoms with Gasteiger partial charge in [0.2, 0.25) is 5.91 Å². The van der Waals surface area contributed by atoms with Gasteiger partial charge >= 0.3 is 5.97 Å². The zero-order valence-corrected chi connectivity index (χ0v) is 57.8. The second-order valence-electron chi connectivity index (χ2n) is 26.0. The number of nitrogens with one attached hydrogen (secondary N) is 1. The van der Waals surface area contributed by atoms with E-state index >= 15 is 0 Å². The maximum Gasteiger partial charge on any atom is 0.306 e. The van der Waals surface area contributed by atoms with Gasteiger partial charge in [-0.15, -0.1) is 0 Å². The molecule has 8 unspecified atom stereocenters. The fourth-order valence-corrected chi connectivity index (χ4v) is 11.6. The zero-order valence-electron chi connectivity index (χ0n) is 57.8. The van der Waals surface area contributed by atoms with Crippen LogP contribution in [0, 0.1) is 0 Å². The molecular formula is C78H141NO10. The predicted octanol–water partition coefficient (Wildman–Crippen LogP) is 19.9. The summed E-state index contributed by atoms with van der Waals surface area (Å²) in [6, 6.07) is -1.03. The maximum atomic E-state index is 13.5. The van der Waals surface area contributed by atoms with E-state index in [4.69, 9.17) is 14.2 Å². The highest BCUT2D eigenvalue weighted by atomic mass is 16.7. The molecule has 11 nitrogen and oxygen atoms in total. The molecule has 0 spiro atoms. The molecule has 0 aromatic carbocycles. The average Bonchev–Trinajstić information content (AvgIpc) is 3.20. The second kappa shape index (κ2) is 65.2. The van der Waals surface area contributed by atoms with Crippen LogP contribution in [0.2, 0.25) is 0 Å². The summed E-state index contributed by atoms with van der Waals surface area (Å²) >= 11 is 0. The highest BCUT2D eigenvalue weighted by Gasteiger charge is 2.47. The lowest BCUT2D eigenvalue weighted by Crippen LogP contribution is -2.61. The lowest BCUT2D eigenvalue weighted by molar-refractivity contribution is -0.305. The Bertz CT molecular complexity index is 1730. The SMILES string of the molecule is CCCCC/C=C\C/C=C\C/C=C\C/C=C\CCCCCCCCCC(=O)OC1C(OCC(NC(=O)C(O)CCCCCCCCCCCCCCCC/C=C/CCCCCCCC)C(O)/C=C/CCCCCCCCCCCCC)OC(CO)C(O)C1O. The molecule has 1 heterocycles. The standard InChI is InChI=1S/C78H141NO10/c1-4-7-10-13-16-19-22-25-27-29-31-33-35-37-38-40-42-44-47-50-53-56-59-62-65-71(82)77(86)79-69(70(81)64-61-58-55-52-49-46-24-21-18-15-12-9-6-3)68-87-78-76(75(85)74(84)72(67-80)88-78)89-73(83)66-63-60-57-54-51-48-45-43-41-39-36-34-32-30-28-26-23-20-17-14-11-8-5-2/h17,20,25-28,32,34,39,41,61,64,69-72,74-76,78,80-82,84-85H,4-16,18-19,21-24,29-31,33,35-38,40,42-60,62-63,65-68H2,1-3H3,(H,79,86)/b20-17-,27-25+,28-26-,34-32-,41-39-,64-61+. The number of unbranched alkanes of at least 4 members (excludes halogenated alkanes) is 41. The topological polar surface area (TPSA) is 175 Å². The molecule has 0 aromatic rings. The zero-order chi connectivity index (χ0) is 64.6. The van der Waals surface area contributed by atoms with Crippen LogP contribution in [0.25, 0.3) is 0 Å². The van der Waals surface area contributed by atoms with Crippen molar-refractivity contribution in [2.75, 3.05) is 13.2 Å². The smallest absolute Gasteiger partial charge is 0.306 e. The van der Waals surface area contributed by atoms with Crippen molar-refractivity contribution in [1.82, 2.24) is 5.32 Å². The van der Waals surface area contributed by atoms with Crippen LogP contribution in [0.15, 0.2) is 72.9 Å². The average molecular weight is 1250 g/mol. The first-order chi connectivity index (χ1) is 43.7. The van der Waals surface area contributed by atoms with Crippen LogP contribution in [-0.2, 0) is 23.8 Å². The van der Waals surface area contributed by atoms with E-state index in [9.17, 15) is 35.1 Å². The van der Waals surface area contributed by atoms with E-state index in [-0.39, 0.29) is 13.0 Å². The van der Waals surface area contributed by atoms with Crippen molar-refractivity contribution >= 4 is 11.9 Å². The summed E-state index contributed by atoms with van der Waals surface area (Å²) in [5.41, 5.74) is 0. The molecule has 1 saturated heterocycles. The molecule has 1 rings (SSSR count). The molecule has 1 amide bonds. The van der Waals surface area contributed by atoms with Crippen molar-refractivity contribution < 1.29 is 49.3 Å². The summed E-state index contributed by atoms with van der Waals surface area (Å²) in [7, 11) is 0. The lowest BCUT2D eigenvalue weighted by atomic mass is 9.99. The summed E-state index contributed by atoms with van der Waals surface area (Å²) < 4.78 is 17.7. The Kier molecular flexibility index (Phi) is 61.6. The van der Waals surface area contributed by atoms with Crippen molar-refractivity contribution in [3.05, 3.63) is 72.9 Å². The van der Waals surface area contributed by atoms with Crippen LogP contribution in [-0.4, -0.2) is 99.6 Å². The van der Waals surface area contributed by atoms with Gasteiger partial charge in [0.15, 0.2) is 12.4 Å². The minimum absolute atomic E-state index is 0.110. The summed E-state index contributed by atoms with van der Waals surface area (Å²) in [5, 5.41) is 57.4. The van der Waals surface area contributed by atoms with Crippen LogP contribution in [0.1, 0.15) is 348 Å². The predicted molar refractivity (Wildman–Crippen MR) is 375 cm³/mol. The van der Waals surface area contributed by atoms with Gasteiger partial charge in [-0.1, -0.05) is 318 Å². The van der Waals surface area contributed by atoms with E-state index in [1.165, 1.54) is 199 Å². The van der Waals surface area contributed by atoms with Crippen LogP contribution in [0.3, 0.4) is 0 Å².